The first kappa shape index (κ1) is 19.3. The van der Waals surface area contributed by atoms with Gasteiger partial charge in [0.1, 0.15) is 17.2 Å². The van der Waals surface area contributed by atoms with E-state index < -0.39 is 4.92 Å². The maximum atomic E-state index is 12.9. The van der Waals surface area contributed by atoms with Gasteiger partial charge in [0.2, 0.25) is 0 Å². The highest BCUT2D eigenvalue weighted by Crippen LogP contribution is 2.36. The minimum absolute atomic E-state index is 0.0276. The molecular weight excluding hydrogens is 378 g/mol. The molecule has 0 bridgehead atoms. The summed E-state index contributed by atoms with van der Waals surface area (Å²) < 4.78 is 0. The summed E-state index contributed by atoms with van der Waals surface area (Å²) in [6.45, 7) is 1.70. The Labute approximate surface area is 165 Å². The summed E-state index contributed by atoms with van der Waals surface area (Å²) in [5.41, 5.74) is 6.81. The van der Waals surface area contributed by atoms with Gasteiger partial charge >= 0.3 is 0 Å². The van der Waals surface area contributed by atoms with Crippen LogP contribution in [0.15, 0.2) is 64.5 Å². The molecular formula is C19H17N5O3S. The van der Waals surface area contributed by atoms with Crippen molar-refractivity contribution in [3.05, 3.63) is 76.2 Å². The van der Waals surface area contributed by atoms with Gasteiger partial charge < -0.3 is 10.6 Å². The van der Waals surface area contributed by atoms with Crippen molar-refractivity contribution in [2.75, 3.05) is 17.7 Å². The zero-order chi connectivity index (χ0) is 20.3. The Morgan fingerprint density at radius 1 is 1.18 bits per heavy atom. The minimum atomic E-state index is -0.442. The minimum Gasteiger partial charge on any atom is -0.383 e. The third-order valence-electron chi connectivity index (χ3n) is 3.98. The average Bonchev–Trinajstić information content (AvgIpc) is 2.68. The fourth-order valence-electron chi connectivity index (χ4n) is 2.53. The lowest BCUT2D eigenvalue weighted by molar-refractivity contribution is -0.384. The number of rotatable bonds is 5. The van der Waals surface area contributed by atoms with Crippen LogP contribution >= 0.6 is 11.8 Å². The van der Waals surface area contributed by atoms with E-state index in [1.807, 2.05) is 24.3 Å². The number of nitro benzene ring substituents is 1. The average molecular weight is 395 g/mol. The van der Waals surface area contributed by atoms with E-state index in [4.69, 9.17) is 5.73 Å². The molecule has 0 fully saturated rings. The van der Waals surface area contributed by atoms with Crippen LogP contribution in [0.25, 0.3) is 0 Å². The second kappa shape index (κ2) is 8.05. The molecule has 1 amide bonds. The van der Waals surface area contributed by atoms with Gasteiger partial charge in [-0.1, -0.05) is 23.9 Å². The molecule has 0 aliphatic heterocycles. The van der Waals surface area contributed by atoms with Gasteiger partial charge in [0.05, 0.1) is 10.6 Å². The van der Waals surface area contributed by atoms with Crippen LogP contribution in [0.3, 0.4) is 0 Å². The largest absolute Gasteiger partial charge is 0.383 e. The summed E-state index contributed by atoms with van der Waals surface area (Å²) in [6, 6.07) is 13.6. The lowest BCUT2D eigenvalue weighted by atomic mass is 10.2. The number of non-ortho nitro benzene ring substituents is 1. The predicted molar refractivity (Wildman–Crippen MR) is 108 cm³/mol. The van der Waals surface area contributed by atoms with Crippen molar-refractivity contribution in [2.24, 2.45) is 0 Å². The molecule has 0 spiro atoms. The normalized spacial score (nSPS) is 10.5. The quantitative estimate of drug-likeness (QED) is 0.517. The molecule has 28 heavy (non-hydrogen) atoms. The lowest BCUT2D eigenvalue weighted by Gasteiger charge is -2.21. The molecule has 2 aromatic carbocycles. The molecule has 0 radical (unpaired) electrons. The lowest BCUT2D eigenvalue weighted by Crippen LogP contribution is -2.28. The van der Waals surface area contributed by atoms with Crippen molar-refractivity contribution in [1.29, 1.82) is 0 Å². The number of para-hydroxylation sites is 1. The summed E-state index contributed by atoms with van der Waals surface area (Å²) in [4.78, 5) is 34.5. The van der Waals surface area contributed by atoms with Gasteiger partial charge in [0, 0.05) is 35.2 Å². The van der Waals surface area contributed by atoms with Crippen LogP contribution in [0.4, 0.5) is 17.2 Å². The van der Waals surface area contributed by atoms with E-state index in [0.717, 1.165) is 9.79 Å². The molecule has 1 heterocycles. The summed E-state index contributed by atoms with van der Waals surface area (Å²) in [7, 11) is 1.65. The van der Waals surface area contributed by atoms with E-state index >= 15 is 0 Å². The van der Waals surface area contributed by atoms with Crippen molar-refractivity contribution in [3.63, 3.8) is 0 Å². The van der Waals surface area contributed by atoms with Crippen LogP contribution < -0.4 is 10.6 Å². The van der Waals surface area contributed by atoms with Crippen molar-refractivity contribution in [1.82, 2.24) is 9.97 Å². The summed E-state index contributed by atoms with van der Waals surface area (Å²) >= 11 is 1.40. The van der Waals surface area contributed by atoms with Gasteiger partial charge in [-0.2, -0.15) is 0 Å². The van der Waals surface area contributed by atoms with Crippen molar-refractivity contribution < 1.29 is 9.72 Å². The van der Waals surface area contributed by atoms with E-state index in [1.165, 1.54) is 35.0 Å². The van der Waals surface area contributed by atoms with E-state index in [-0.39, 0.29) is 23.0 Å². The second-order valence-electron chi connectivity index (χ2n) is 5.90. The first-order valence-electron chi connectivity index (χ1n) is 8.25. The summed E-state index contributed by atoms with van der Waals surface area (Å²) in [5, 5.41) is 10.8. The Morgan fingerprint density at radius 2 is 1.86 bits per heavy atom. The summed E-state index contributed by atoms with van der Waals surface area (Å²) in [6.07, 6.45) is 1.42. The second-order valence-corrected chi connectivity index (χ2v) is 7.02. The number of carbonyl (C=O) groups excluding carboxylic acids is 1. The van der Waals surface area contributed by atoms with Crippen LogP contribution in [-0.2, 0) is 0 Å². The molecule has 0 aliphatic carbocycles. The molecule has 0 unspecified atom stereocenters. The van der Waals surface area contributed by atoms with Crippen molar-refractivity contribution in [2.45, 2.75) is 16.7 Å². The predicted octanol–water partition coefficient (Wildman–Crippen LogP) is 3.70. The highest BCUT2D eigenvalue weighted by Gasteiger charge is 2.20. The fraction of sp³-hybridized carbons (Fsp3) is 0.105. The van der Waals surface area contributed by atoms with Gasteiger partial charge in [0.15, 0.2) is 0 Å². The van der Waals surface area contributed by atoms with Crippen LogP contribution in [-0.4, -0.2) is 27.8 Å². The first-order chi connectivity index (χ1) is 13.4. The number of carbonyl (C=O) groups is 1. The molecule has 0 saturated carbocycles. The number of anilines is 2. The van der Waals surface area contributed by atoms with Gasteiger partial charge in [-0.3, -0.25) is 14.9 Å². The number of hydrogen-bond donors (Lipinski definition) is 1. The Hall–Kier alpha value is -3.46. The van der Waals surface area contributed by atoms with Gasteiger partial charge in [-0.05, 0) is 31.2 Å². The Bertz CT molecular complexity index is 1040. The van der Waals surface area contributed by atoms with Crippen LogP contribution in [0.1, 0.15) is 16.2 Å². The smallest absolute Gasteiger partial charge is 0.269 e. The standard InChI is InChI=1S/C19H17N5O3S/c1-12-21-11-15(18(20)22-12)19(25)23(2)16-5-3-4-6-17(16)28-14-9-7-13(8-10-14)24(26)27/h3-11H,1-2H3,(H2,20,21,22). The van der Waals surface area contributed by atoms with Gasteiger partial charge in [-0.15, -0.1) is 0 Å². The maximum Gasteiger partial charge on any atom is 0.269 e. The van der Waals surface area contributed by atoms with Crippen LogP contribution in [0, 0.1) is 17.0 Å². The number of nitro groups is 1. The molecule has 1 aromatic heterocycles. The molecule has 3 aromatic rings. The monoisotopic (exact) mass is 395 g/mol. The van der Waals surface area contributed by atoms with Gasteiger partial charge in [0.25, 0.3) is 11.6 Å². The zero-order valence-corrected chi connectivity index (χ0v) is 16.0. The van der Waals surface area contributed by atoms with E-state index in [2.05, 4.69) is 9.97 Å². The number of benzene rings is 2. The highest BCUT2D eigenvalue weighted by atomic mass is 32.2. The molecule has 0 aliphatic rings. The molecule has 8 nitrogen and oxygen atoms in total. The number of amides is 1. The number of aryl methyl sites for hydroxylation is 1. The highest BCUT2D eigenvalue weighted by molar-refractivity contribution is 7.99. The molecule has 3 rings (SSSR count). The Balaban J connectivity index is 1.88. The summed E-state index contributed by atoms with van der Waals surface area (Å²) in [5.74, 6) is 0.296. The molecule has 0 saturated heterocycles. The number of hydrogen-bond acceptors (Lipinski definition) is 7. The fourth-order valence-corrected chi connectivity index (χ4v) is 3.51. The SMILES string of the molecule is Cc1ncc(C(=O)N(C)c2ccccc2Sc2ccc([N+](=O)[O-])cc2)c(N)n1. The third kappa shape index (κ3) is 4.09. The van der Waals surface area contributed by atoms with E-state index in [1.54, 1.807) is 26.1 Å². The van der Waals surface area contributed by atoms with Crippen LogP contribution in [0.2, 0.25) is 0 Å². The number of nitrogens with two attached hydrogens (primary N) is 1. The topological polar surface area (TPSA) is 115 Å². The van der Waals surface area contributed by atoms with E-state index in [9.17, 15) is 14.9 Å². The molecule has 2 N–H and O–H groups in total. The molecule has 142 valence electrons. The molecule has 9 heteroatoms. The van der Waals surface area contributed by atoms with Gasteiger partial charge in [-0.25, -0.2) is 9.97 Å². The van der Waals surface area contributed by atoms with Crippen LogP contribution in [0.5, 0.6) is 0 Å². The van der Waals surface area contributed by atoms with E-state index in [0.29, 0.717) is 11.5 Å². The first-order valence-corrected chi connectivity index (χ1v) is 9.07. The Morgan fingerprint density at radius 3 is 2.50 bits per heavy atom. The zero-order valence-electron chi connectivity index (χ0n) is 15.2. The van der Waals surface area contributed by atoms with Crippen molar-refractivity contribution in [3.8, 4) is 0 Å². The number of aromatic nitrogens is 2. The molecule has 0 atom stereocenters. The van der Waals surface area contributed by atoms with Crippen molar-refractivity contribution >= 4 is 34.9 Å². The number of nitrogen functional groups attached to an aromatic ring is 1. The number of nitrogens with zero attached hydrogens (tertiary/aromatic N) is 4. The Kier molecular flexibility index (Phi) is 5.55. The maximum absolute atomic E-state index is 12.9. The third-order valence-corrected chi connectivity index (χ3v) is 5.05.